The molecule has 0 aliphatic rings. The van der Waals surface area contributed by atoms with E-state index in [4.69, 9.17) is 22.4 Å². The van der Waals surface area contributed by atoms with Crippen molar-refractivity contribution in [2.75, 3.05) is 11.9 Å². The number of carbonyl (C=O) groups is 2. The maximum Gasteiger partial charge on any atom is 0.335 e. The number of hydrogen-bond donors (Lipinski definition) is 3. The van der Waals surface area contributed by atoms with Gasteiger partial charge >= 0.3 is 5.97 Å². The molecule has 1 aromatic carbocycles. The van der Waals surface area contributed by atoms with Crippen LogP contribution in [-0.4, -0.2) is 23.5 Å². The second kappa shape index (κ2) is 8.00. The first-order chi connectivity index (χ1) is 9.83. The number of benzene rings is 1. The van der Waals surface area contributed by atoms with Gasteiger partial charge in [-0.1, -0.05) is 25.4 Å². The summed E-state index contributed by atoms with van der Waals surface area (Å²) in [7, 11) is 0. The van der Waals surface area contributed by atoms with Crippen molar-refractivity contribution in [1.82, 2.24) is 0 Å². The molecular weight excluding hydrogens is 292 g/mol. The molecule has 1 amide bonds. The van der Waals surface area contributed by atoms with E-state index in [0.717, 1.165) is 6.42 Å². The van der Waals surface area contributed by atoms with E-state index in [1.165, 1.54) is 18.2 Å². The fraction of sp³-hybridized carbons (Fsp3) is 0.467. The lowest BCUT2D eigenvalue weighted by atomic mass is 9.94. The van der Waals surface area contributed by atoms with Gasteiger partial charge in [0.25, 0.3) is 0 Å². The van der Waals surface area contributed by atoms with Gasteiger partial charge in [0.1, 0.15) is 0 Å². The third kappa shape index (κ3) is 5.73. The standard InChI is InChI=1S/C15H21ClN2O3/c1-9(2)5-10(8-17)6-14(19)18-13-4-3-11(15(20)21)7-12(13)16/h3-4,7,9-10H,5-6,8,17H2,1-2H3,(H,18,19)(H,20,21)/t10-/m0/s1. The second-order valence-corrected chi connectivity index (χ2v) is 5.89. The van der Waals surface area contributed by atoms with Crippen LogP contribution in [0.2, 0.25) is 5.02 Å². The quantitative estimate of drug-likeness (QED) is 0.721. The van der Waals surface area contributed by atoms with Crippen LogP contribution in [-0.2, 0) is 4.79 Å². The number of halogens is 1. The number of aromatic carboxylic acids is 1. The smallest absolute Gasteiger partial charge is 0.335 e. The Morgan fingerprint density at radius 1 is 1.38 bits per heavy atom. The zero-order chi connectivity index (χ0) is 16.0. The van der Waals surface area contributed by atoms with Crippen LogP contribution in [0.5, 0.6) is 0 Å². The number of nitrogens with one attached hydrogen (secondary N) is 1. The van der Waals surface area contributed by atoms with E-state index in [0.29, 0.717) is 24.6 Å². The van der Waals surface area contributed by atoms with Gasteiger partial charge in [0.05, 0.1) is 16.3 Å². The molecule has 0 aliphatic heterocycles. The Labute approximate surface area is 129 Å². The van der Waals surface area contributed by atoms with Crippen molar-refractivity contribution in [2.24, 2.45) is 17.6 Å². The van der Waals surface area contributed by atoms with Gasteiger partial charge < -0.3 is 16.2 Å². The van der Waals surface area contributed by atoms with Crippen molar-refractivity contribution in [1.29, 1.82) is 0 Å². The molecule has 1 atom stereocenters. The maximum absolute atomic E-state index is 12.0. The van der Waals surface area contributed by atoms with Gasteiger partial charge in [-0.3, -0.25) is 4.79 Å². The molecule has 1 rings (SSSR count). The van der Waals surface area contributed by atoms with Crippen LogP contribution in [0.25, 0.3) is 0 Å². The van der Waals surface area contributed by atoms with E-state index >= 15 is 0 Å². The molecule has 5 nitrogen and oxygen atoms in total. The van der Waals surface area contributed by atoms with Gasteiger partial charge in [0.2, 0.25) is 5.91 Å². The average Bonchev–Trinajstić information content (AvgIpc) is 2.39. The SMILES string of the molecule is CC(C)C[C@H](CN)CC(=O)Nc1ccc(C(=O)O)cc1Cl. The van der Waals surface area contributed by atoms with Crippen LogP contribution in [0.4, 0.5) is 5.69 Å². The van der Waals surface area contributed by atoms with Gasteiger partial charge in [0, 0.05) is 6.42 Å². The molecule has 0 unspecified atom stereocenters. The predicted octanol–water partition coefficient (Wildman–Crippen LogP) is 2.99. The molecule has 0 aliphatic carbocycles. The zero-order valence-electron chi connectivity index (χ0n) is 12.2. The van der Waals surface area contributed by atoms with Crippen LogP contribution < -0.4 is 11.1 Å². The highest BCUT2D eigenvalue weighted by molar-refractivity contribution is 6.34. The summed E-state index contributed by atoms with van der Waals surface area (Å²) in [5.41, 5.74) is 6.16. The van der Waals surface area contributed by atoms with E-state index in [1.807, 2.05) is 0 Å². The van der Waals surface area contributed by atoms with Gasteiger partial charge in [0.15, 0.2) is 0 Å². The van der Waals surface area contributed by atoms with Crippen LogP contribution in [0.1, 0.15) is 37.0 Å². The molecular formula is C15H21ClN2O3. The van der Waals surface area contributed by atoms with Gasteiger partial charge in [-0.25, -0.2) is 4.79 Å². The second-order valence-electron chi connectivity index (χ2n) is 5.48. The van der Waals surface area contributed by atoms with E-state index in [-0.39, 0.29) is 22.4 Å². The fourth-order valence-corrected chi connectivity index (χ4v) is 2.37. The topological polar surface area (TPSA) is 92.4 Å². The van der Waals surface area contributed by atoms with E-state index in [1.54, 1.807) is 0 Å². The van der Waals surface area contributed by atoms with Crippen LogP contribution in [0.3, 0.4) is 0 Å². The predicted molar refractivity (Wildman–Crippen MR) is 83.7 cm³/mol. The summed E-state index contributed by atoms with van der Waals surface area (Å²) < 4.78 is 0. The summed E-state index contributed by atoms with van der Waals surface area (Å²) in [5, 5.41) is 11.8. The molecule has 0 heterocycles. The summed E-state index contributed by atoms with van der Waals surface area (Å²) in [5.74, 6) is -0.627. The molecule has 116 valence electrons. The largest absolute Gasteiger partial charge is 0.478 e. The first kappa shape index (κ1) is 17.5. The lowest BCUT2D eigenvalue weighted by Gasteiger charge is -2.17. The minimum Gasteiger partial charge on any atom is -0.478 e. The fourth-order valence-electron chi connectivity index (χ4n) is 2.14. The number of rotatable bonds is 7. The van der Waals surface area contributed by atoms with Crippen molar-refractivity contribution in [3.8, 4) is 0 Å². The zero-order valence-corrected chi connectivity index (χ0v) is 13.0. The average molecular weight is 313 g/mol. The van der Waals surface area contributed by atoms with Gasteiger partial charge in [-0.2, -0.15) is 0 Å². The number of hydrogen-bond acceptors (Lipinski definition) is 3. The van der Waals surface area contributed by atoms with Crippen molar-refractivity contribution in [2.45, 2.75) is 26.7 Å². The highest BCUT2D eigenvalue weighted by atomic mass is 35.5. The molecule has 0 saturated heterocycles. The number of anilines is 1. The third-order valence-electron chi connectivity index (χ3n) is 3.10. The van der Waals surface area contributed by atoms with Crippen LogP contribution in [0.15, 0.2) is 18.2 Å². The van der Waals surface area contributed by atoms with Crippen molar-refractivity contribution in [3.63, 3.8) is 0 Å². The molecule has 0 saturated carbocycles. The van der Waals surface area contributed by atoms with Crippen LogP contribution >= 0.6 is 11.6 Å². The Kier molecular flexibility index (Phi) is 6.65. The summed E-state index contributed by atoms with van der Waals surface area (Å²) in [6.07, 6.45) is 1.21. The minimum absolute atomic E-state index is 0.0811. The Bertz CT molecular complexity index is 518. The molecule has 0 fully saturated rings. The Morgan fingerprint density at radius 2 is 2.05 bits per heavy atom. The first-order valence-electron chi connectivity index (χ1n) is 6.86. The third-order valence-corrected chi connectivity index (χ3v) is 3.41. The van der Waals surface area contributed by atoms with Gasteiger partial charge in [-0.15, -0.1) is 0 Å². The molecule has 4 N–H and O–H groups in total. The molecule has 21 heavy (non-hydrogen) atoms. The van der Waals surface area contributed by atoms with Gasteiger partial charge in [-0.05, 0) is 43.0 Å². The Morgan fingerprint density at radius 3 is 2.52 bits per heavy atom. The molecule has 0 spiro atoms. The molecule has 0 radical (unpaired) electrons. The molecule has 6 heteroatoms. The number of nitrogens with two attached hydrogens (primary N) is 1. The van der Waals surface area contributed by atoms with E-state index in [2.05, 4.69) is 19.2 Å². The maximum atomic E-state index is 12.0. The Hall–Kier alpha value is -1.59. The first-order valence-corrected chi connectivity index (χ1v) is 7.24. The molecule has 0 aromatic heterocycles. The number of carboxylic acids is 1. The lowest BCUT2D eigenvalue weighted by molar-refractivity contribution is -0.117. The van der Waals surface area contributed by atoms with E-state index in [9.17, 15) is 9.59 Å². The van der Waals surface area contributed by atoms with Crippen molar-refractivity contribution < 1.29 is 14.7 Å². The molecule has 0 bridgehead atoms. The van der Waals surface area contributed by atoms with Crippen LogP contribution in [0, 0.1) is 11.8 Å². The molecule has 1 aromatic rings. The van der Waals surface area contributed by atoms with Crippen molar-refractivity contribution in [3.05, 3.63) is 28.8 Å². The summed E-state index contributed by atoms with van der Waals surface area (Å²) >= 11 is 5.97. The highest BCUT2D eigenvalue weighted by Crippen LogP contribution is 2.24. The monoisotopic (exact) mass is 312 g/mol. The number of amides is 1. The normalized spacial score (nSPS) is 12.2. The summed E-state index contributed by atoms with van der Waals surface area (Å²) in [6, 6.07) is 4.20. The summed E-state index contributed by atoms with van der Waals surface area (Å²) in [6.45, 7) is 4.63. The van der Waals surface area contributed by atoms with Crippen molar-refractivity contribution >= 4 is 29.2 Å². The number of carbonyl (C=O) groups excluding carboxylic acids is 1. The van der Waals surface area contributed by atoms with E-state index < -0.39 is 5.97 Å². The number of carboxylic acid groups (broad SMARTS) is 1. The summed E-state index contributed by atoms with van der Waals surface area (Å²) in [4.78, 5) is 22.8. The lowest BCUT2D eigenvalue weighted by Crippen LogP contribution is -2.23. The Balaban J connectivity index is 2.68. The minimum atomic E-state index is -1.06. The highest BCUT2D eigenvalue weighted by Gasteiger charge is 2.15.